The average molecular weight is 718 g/mol. The normalized spacial score (nSPS) is 16.5. The van der Waals surface area contributed by atoms with Gasteiger partial charge in [0, 0.05) is 24.3 Å². The number of carbonyl (C=O) groups excluding carboxylic acids is 2. The van der Waals surface area contributed by atoms with Crippen molar-refractivity contribution in [3.05, 3.63) is 77.1 Å². The highest BCUT2D eigenvalue weighted by Gasteiger charge is 2.39. The van der Waals surface area contributed by atoms with Gasteiger partial charge in [0.2, 0.25) is 11.8 Å². The highest BCUT2D eigenvalue weighted by molar-refractivity contribution is 6.35. The zero-order chi connectivity index (χ0) is 36.5. The fourth-order valence-corrected chi connectivity index (χ4v) is 4.89. The quantitative estimate of drug-likeness (QED) is 0.145. The minimum absolute atomic E-state index is 0.143. The van der Waals surface area contributed by atoms with Crippen LogP contribution in [0.25, 0.3) is 21.8 Å². The first-order valence-electron chi connectivity index (χ1n) is 14.4. The van der Waals surface area contributed by atoms with E-state index in [0.717, 1.165) is 30.3 Å². The van der Waals surface area contributed by atoms with Crippen molar-refractivity contribution in [2.24, 2.45) is 5.92 Å². The number of amides is 2. The molecule has 1 fully saturated rings. The van der Waals surface area contributed by atoms with Crippen molar-refractivity contribution in [3.8, 4) is 0 Å². The molecule has 2 aromatic carbocycles. The Morgan fingerprint density at radius 3 is 2.18 bits per heavy atom. The lowest BCUT2D eigenvalue weighted by Gasteiger charge is -2.17. The van der Waals surface area contributed by atoms with Crippen LogP contribution in [-0.4, -0.2) is 74.9 Å². The zero-order valence-corrected chi connectivity index (χ0v) is 26.2. The molecule has 264 valence electrons. The SMILES string of the molecule is C[C@H](NC(=O)[C@H]1C[C@H](Cc2ccc3ccccc3c2)CN1)C(=O)NCc1cnc2[nH]cc(Cl)c2c1.O=C(O)C(F)(F)F.O=C(O)C(F)(F)F. The Kier molecular flexibility index (Phi) is 13.0. The fraction of sp³-hybridized carbons (Fsp3) is 0.323. The summed E-state index contributed by atoms with van der Waals surface area (Å²) in [5.74, 6) is -5.53. The monoisotopic (exact) mass is 717 g/mol. The number of nitrogens with zero attached hydrogens (tertiary/aromatic N) is 1. The molecule has 2 aromatic heterocycles. The summed E-state index contributed by atoms with van der Waals surface area (Å²) >= 11 is 6.14. The predicted molar refractivity (Wildman–Crippen MR) is 165 cm³/mol. The molecule has 1 aliphatic rings. The molecule has 49 heavy (non-hydrogen) atoms. The van der Waals surface area contributed by atoms with Gasteiger partial charge >= 0.3 is 24.3 Å². The molecular formula is C31H30ClF6N5O6. The van der Waals surface area contributed by atoms with Crippen LogP contribution in [0.5, 0.6) is 0 Å². The van der Waals surface area contributed by atoms with Crippen molar-refractivity contribution >= 4 is 57.2 Å². The van der Waals surface area contributed by atoms with E-state index in [9.17, 15) is 35.9 Å². The Balaban J connectivity index is 0.000000392. The van der Waals surface area contributed by atoms with Crippen LogP contribution >= 0.6 is 11.6 Å². The Hall–Kier alpha value is -4.90. The van der Waals surface area contributed by atoms with E-state index < -0.39 is 30.3 Å². The van der Waals surface area contributed by atoms with Crippen molar-refractivity contribution in [2.75, 3.05) is 6.54 Å². The molecule has 0 aliphatic carbocycles. The largest absolute Gasteiger partial charge is 0.490 e. The third-order valence-corrected chi connectivity index (χ3v) is 7.43. The van der Waals surface area contributed by atoms with Crippen molar-refractivity contribution in [1.29, 1.82) is 0 Å². The van der Waals surface area contributed by atoms with Crippen molar-refractivity contribution in [2.45, 2.75) is 50.7 Å². The predicted octanol–water partition coefficient (Wildman–Crippen LogP) is 4.98. The summed E-state index contributed by atoms with van der Waals surface area (Å²) in [6.45, 7) is 2.78. The lowest BCUT2D eigenvalue weighted by atomic mass is 9.95. The molecule has 5 rings (SSSR count). The maximum Gasteiger partial charge on any atom is 0.490 e. The summed E-state index contributed by atoms with van der Waals surface area (Å²) in [6, 6.07) is 15.8. The number of benzene rings is 2. The topological polar surface area (TPSA) is 174 Å². The van der Waals surface area contributed by atoms with E-state index in [-0.39, 0.29) is 17.9 Å². The van der Waals surface area contributed by atoms with Gasteiger partial charge in [-0.05, 0) is 60.2 Å². The number of hydrogen-bond acceptors (Lipinski definition) is 6. The van der Waals surface area contributed by atoms with E-state index in [1.54, 1.807) is 19.3 Å². The third kappa shape index (κ3) is 11.6. The number of pyridine rings is 1. The lowest BCUT2D eigenvalue weighted by molar-refractivity contribution is -0.193. The molecule has 3 heterocycles. The van der Waals surface area contributed by atoms with E-state index in [1.165, 1.54) is 16.3 Å². The van der Waals surface area contributed by atoms with Gasteiger partial charge in [-0.25, -0.2) is 14.6 Å². The molecule has 11 nitrogen and oxygen atoms in total. The molecule has 4 aromatic rings. The number of hydrogen-bond donors (Lipinski definition) is 6. The summed E-state index contributed by atoms with van der Waals surface area (Å²) in [5.41, 5.74) is 2.81. The summed E-state index contributed by atoms with van der Waals surface area (Å²) in [6.07, 6.45) is -5.13. The summed E-state index contributed by atoms with van der Waals surface area (Å²) in [4.78, 5) is 50.4. The van der Waals surface area contributed by atoms with Crippen LogP contribution in [0.15, 0.2) is 60.9 Å². The first-order chi connectivity index (χ1) is 22.8. The lowest BCUT2D eigenvalue weighted by Crippen LogP contribution is -2.49. The molecule has 0 spiro atoms. The van der Waals surface area contributed by atoms with E-state index in [1.807, 2.05) is 18.2 Å². The number of nitrogens with one attached hydrogen (secondary N) is 4. The number of aliphatic carboxylic acids is 2. The van der Waals surface area contributed by atoms with Gasteiger partial charge in [-0.15, -0.1) is 0 Å². The van der Waals surface area contributed by atoms with Gasteiger partial charge in [-0.2, -0.15) is 26.3 Å². The van der Waals surface area contributed by atoms with Crippen LogP contribution in [0.1, 0.15) is 24.5 Å². The van der Waals surface area contributed by atoms with E-state index in [4.69, 9.17) is 31.4 Å². The maximum absolute atomic E-state index is 12.8. The second-order valence-corrected chi connectivity index (χ2v) is 11.3. The number of aromatic amines is 1. The van der Waals surface area contributed by atoms with Gasteiger partial charge in [-0.1, -0.05) is 54.1 Å². The Bertz CT molecular complexity index is 1770. The fourth-order valence-electron chi connectivity index (χ4n) is 4.70. The molecule has 2 amide bonds. The molecule has 0 unspecified atom stereocenters. The van der Waals surface area contributed by atoms with Crippen LogP contribution < -0.4 is 16.0 Å². The highest BCUT2D eigenvalue weighted by Crippen LogP contribution is 2.24. The van der Waals surface area contributed by atoms with E-state index in [0.29, 0.717) is 23.1 Å². The number of carboxylic acid groups (broad SMARTS) is 2. The first kappa shape index (κ1) is 38.5. The van der Waals surface area contributed by atoms with Gasteiger partial charge in [0.1, 0.15) is 11.7 Å². The number of fused-ring (bicyclic) bond motifs is 2. The summed E-state index contributed by atoms with van der Waals surface area (Å²) < 4.78 is 63.5. The Morgan fingerprint density at radius 2 is 1.57 bits per heavy atom. The average Bonchev–Trinajstić information content (AvgIpc) is 3.65. The molecule has 3 atom stereocenters. The van der Waals surface area contributed by atoms with Crippen LogP contribution in [0.4, 0.5) is 26.3 Å². The molecule has 1 saturated heterocycles. The molecule has 0 radical (unpaired) electrons. The van der Waals surface area contributed by atoms with Crippen molar-refractivity contribution in [1.82, 2.24) is 25.9 Å². The molecule has 18 heteroatoms. The summed E-state index contributed by atoms with van der Waals surface area (Å²) in [5, 5.41) is 27.1. The van der Waals surface area contributed by atoms with Crippen molar-refractivity contribution in [3.63, 3.8) is 0 Å². The van der Waals surface area contributed by atoms with Gasteiger partial charge in [0.25, 0.3) is 0 Å². The van der Waals surface area contributed by atoms with Crippen molar-refractivity contribution < 1.29 is 55.7 Å². The third-order valence-electron chi connectivity index (χ3n) is 7.12. The number of aromatic nitrogens is 2. The van der Waals surface area contributed by atoms with Crippen LogP contribution in [0.2, 0.25) is 5.02 Å². The standard InChI is InChI=1S/C27H28ClN5O2.2C2HF3O2/c1-16(26(34)32-14-19-10-22-23(28)15-31-25(22)30-13-19)33-27(35)24-11-18(12-29-24)8-17-6-7-20-4-2-3-5-21(20)9-17;2*3-2(4,5)1(6)7/h2-7,9-10,13,15-16,18,24,29H,8,11-12,14H2,1H3,(H,30,31)(H,32,34)(H,33,35);2*(H,6,7)/t16-,18-,24+;;/m0../s1. The van der Waals surface area contributed by atoms with Gasteiger partial charge in [-0.3, -0.25) is 9.59 Å². The smallest absolute Gasteiger partial charge is 0.475 e. The minimum atomic E-state index is -5.08. The van der Waals surface area contributed by atoms with Gasteiger partial charge < -0.3 is 31.1 Å². The molecule has 6 N–H and O–H groups in total. The second-order valence-electron chi connectivity index (χ2n) is 10.9. The van der Waals surface area contributed by atoms with E-state index in [2.05, 4.69) is 56.3 Å². The Morgan fingerprint density at radius 1 is 0.959 bits per heavy atom. The van der Waals surface area contributed by atoms with E-state index >= 15 is 0 Å². The second kappa shape index (κ2) is 16.5. The number of carbonyl (C=O) groups is 4. The highest BCUT2D eigenvalue weighted by atomic mass is 35.5. The van der Waals surface area contributed by atoms with Gasteiger partial charge in [0.05, 0.1) is 11.1 Å². The molecular weight excluding hydrogens is 688 g/mol. The van der Waals surface area contributed by atoms with Gasteiger partial charge in [0.15, 0.2) is 0 Å². The number of halogens is 7. The number of rotatable bonds is 7. The summed E-state index contributed by atoms with van der Waals surface area (Å²) in [7, 11) is 0. The Labute approximate surface area is 279 Å². The number of H-pyrrole nitrogens is 1. The first-order valence-corrected chi connectivity index (χ1v) is 14.7. The van der Waals surface area contributed by atoms with Crippen LogP contribution in [0, 0.1) is 5.92 Å². The maximum atomic E-state index is 12.8. The molecule has 0 bridgehead atoms. The van der Waals surface area contributed by atoms with Crippen LogP contribution in [0.3, 0.4) is 0 Å². The molecule has 0 saturated carbocycles. The number of alkyl halides is 6. The minimum Gasteiger partial charge on any atom is -0.475 e. The van der Waals surface area contributed by atoms with Crippen LogP contribution in [-0.2, 0) is 32.1 Å². The zero-order valence-electron chi connectivity index (χ0n) is 25.5. The number of carboxylic acids is 2. The molecule has 1 aliphatic heterocycles.